The number of hydrogen-bond donors (Lipinski definition) is 1. The minimum atomic E-state index is -0.337. The van der Waals surface area contributed by atoms with Crippen molar-refractivity contribution >= 4 is 21.8 Å². The lowest BCUT2D eigenvalue weighted by Gasteiger charge is -2.03. The van der Waals surface area contributed by atoms with Crippen molar-refractivity contribution in [2.45, 2.75) is 6.54 Å². The standard InChI is InChI=1S/C16H12BrFN4O/c17-12-2-1-3-14(8-12)22-10-15(20-21-22)16(23)19-9-11-4-6-13(18)7-5-11/h1-8,10H,9H2,(H,19,23). The van der Waals surface area contributed by atoms with Crippen LogP contribution in [-0.2, 0) is 6.54 Å². The first kappa shape index (κ1) is 15.4. The predicted octanol–water partition coefficient (Wildman–Crippen LogP) is 3.10. The van der Waals surface area contributed by atoms with E-state index in [0.29, 0.717) is 6.54 Å². The van der Waals surface area contributed by atoms with Crippen LogP contribution in [0.5, 0.6) is 0 Å². The predicted molar refractivity (Wildman–Crippen MR) is 86.6 cm³/mol. The first-order valence-corrected chi connectivity index (χ1v) is 7.62. The van der Waals surface area contributed by atoms with Gasteiger partial charge in [-0.15, -0.1) is 5.10 Å². The number of rotatable bonds is 4. The third-order valence-electron chi connectivity index (χ3n) is 3.17. The fraction of sp³-hybridized carbons (Fsp3) is 0.0625. The Morgan fingerprint density at radius 3 is 2.74 bits per heavy atom. The van der Waals surface area contributed by atoms with Crippen molar-refractivity contribution in [2.75, 3.05) is 0 Å². The largest absolute Gasteiger partial charge is 0.347 e. The molecule has 23 heavy (non-hydrogen) atoms. The summed E-state index contributed by atoms with van der Waals surface area (Å²) in [7, 11) is 0. The van der Waals surface area contributed by atoms with Gasteiger partial charge < -0.3 is 5.32 Å². The molecule has 0 radical (unpaired) electrons. The van der Waals surface area contributed by atoms with Gasteiger partial charge in [-0.05, 0) is 35.9 Å². The molecule has 0 saturated carbocycles. The molecule has 0 spiro atoms. The first-order chi connectivity index (χ1) is 11.1. The number of carbonyl (C=O) groups excluding carboxylic acids is 1. The molecule has 5 nitrogen and oxygen atoms in total. The van der Waals surface area contributed by atoms with E-state index in [1.165, 1.54) is 16.8 Å². The molecular formula is C16H12BrFN4O. The second-order valence-electron chi connectivity index (χ2n) is 4.84. The second-order valence-corrected chi connectivity index (χ2v) is 5.75. The third kappa shape index (κ3) is 3.81. The van der Waals surface area contributed by atoms with Crippen LogP contribution < -0.4 is 5.32 Å². The fourth-order valence-corrected chi connectivity index (χ4v) is 2.37. The normalized spacial score (nSPS) is 10.5. The number of carbonyl (C=O) groups is 1. The molecule has 0 fully saturated rings. The molecule has 0 atom stereocenters. The Balaban J connectivity index is 1.67. The zero-order valence-corrected chi connectivity index (χ0v) is 13.5. The number of nitrogens with one attached hydrogen (secondary N) is 1. The molecule has 2 aromatic carbocycles. The Morgan fingerprint density at radius 2 is 2.00 bits per heavy atom. The van der Waals surface area contributed by atoms with E-state index in [0.717, 1.165) is 15.7 Å². The van der Waals surface area contributed by atoms with E-state index in [1.54, 1.807) is 18.3 Å². The lowest BCUT2D eigenvalue weighted by atomic mass is 10.2. The number of benzene rings is 2. The van der Waals surface area contributed by atoms with Crippen molar-refractivity contribution in [2.24, 2.45) is 0 Å². The SMILES string of the molecule is O=C(NCc1ccc(F)cc1)c1cn(-c2cccc(Br)c2)nn1. The van der Waals surface area contributed by atoms with E-state index in [2.05, 4.69) is 31.6 Å². The third-order valence-corrected chi connectivity index (χ3v) is 3.66. The van der Waals surface area contributed by atoms with Crippen molar-refractivity contribution in [1.29, 1.82) is 0 Å². The lowest BCUT2D eigenvalue weighted by Crippen LogP contribution is -2.23. The molecule has 0 bridgehead atoms. The lowest BCUT2D eigenvalue weighted by molar-refractivity contribution is 0.0946. The van der Waals surface area contributed by atoms with Gasteiger partial charge in [-0.3, -0.25) is 4.79 Å². The van der Waals surface area contributed by atoms with Crippen molar-refractivity contribution < 1.29 is 9.18 Å². The van der Waals surface area contributed by atoms with Crippen molar-refractivity contribution in [3.05, 3.63) is 76.3 Å². The Hall–Kier alpha value is -2.54. The summed E-state index contributed by atoms with van der Waals surface area (Å²) in [6.07, 6.45) is 1.56. The highest BCUT2D eigenvalue weighted by Crippen LogP contribution is 2.14. The van der Waals surface area contributed by atoms with Gasteiger partial charge >= 0.3 is 0 Å². The quantitative estimate of drug-likeness (QED) is 0.763. The summed E-state index contributed by atoms with van der Waals surface area (Å²) in [5.41, 5.74) is 1.82. The Morgan fingerprint density at radius 1 is 1.22 bits per heavy atom. The van der Waals surface area contributed by atoms with E-state index < -0.39 is 0 Å². The van der Waals surface area contributed by atoms with E-state index in [9.17, 15) is 9.18 Å². The Bertz CT molecular complexity index is 832. The second kappa shape index (κ2) is 6.70. The Labute approximate surface area is 140 Å². The summed E-state index contributed by atoms with van der Waals surface area (Å²) in [4.78, 5) is 12.1. The van der Waals surface area contributed by atoms with Gasteiger partial charge in [0.05, 0.1) is 11.9 Å². The van der Waals surface area contributed by atoms with Crippen LogP contribution >= 0.6 is 15.9 Å². The molecule has 116 valence electrons. The van der Waals surface area contributed by atoms with Gasteiger partial charge in [-0.2, -0.15) is 0 Å². The maximum atomic E-state index is 12.8. The number of nitrogens with zero attached hydrogens (tertiary/aromatic N) is 3. The van der Waals surface area contributed by atoms with E-state index in [1.807, 2.05) is 24.3 Å². The zero-order valence-electron chi connectivity index (χ0n) is 11.9. The van der Waals surface area contributed by atoms with Crippen molar-refractivity contribution in [1.82, 2.24) is 20.3 Å². The molecule has 3 aromatic rings. The maximum Gasteiger partial charge on any atom is 0.273 e. The van der Waals surface area contributed by atoms with Gasteiger partial charge in [-0.1, -0.05) is 39.3 Å². The first-order valence-electron chi connectivity index (χ1n) is 6.83. The number of halogens is 2. The molecule has 1 aromatic heterocycles. The molecule has 0 aliphatic heterocycles. The zero-order chi connectivity index (χ0) is 16.2. The number of aromatic nitrogens is 3. The van der Waals surface area contributed by atoms with Crippen LogP contribution in [0, 0.1) is 5.82 Å². The van der Waals surface area contributed by atoms with Gasteiger partial charge in [0.2, 0.25) is 0 Å². The molecule has 1 amide bonds. The van der Waals surface area contributed by atoms with E-state index >= 15 is 0 Å². The van der Waals surface area contributed by atoms with E-state index in [4.69, 9.17) is 0 Å². The minimum absolute atomic E-state index is 0.215. The summed E-state index contributed by atoms with van der Waals surface area (Å²) in [5.74, 6) is -0.646. The van der Waals surface area contributed by atoms with Crippen LogP contribution in [0.2, 0.25) is 0 Å². The molecule has 0 aliphatic rings. The van der Waals surface area contributed by atoms with Crippen LogP contribution in [0.4, 0.5) is 4.39 Å². The van der Waals surface area contributed by atoms with Crippen LogP contribution in [0.3, 0.4) is 0 Å². The monoisotopic (exact) mass is 374 g/mol. The molecule has 0 aliphatic carbocycles. The average molecular weight is 375 g/mol. The maximum absolute atomic E-state index is 12.8. The summed E-state index contributed by atoms with van der Waals surface area (Å²) in [6, 6.07) is 13.4. The number of amides is 1. The molecule has 7 heteroatoms. The molecule has 1 heterocycles. The van der Waals surface area contributed by atoms with Crippen LogP contribution in [0.15, 0.2) is 59.2 Å². The van der Waals surface area contributed by atoms with E-state index in [-0.39, 0.29) is 17.4 Å². The van der Waals surface area contributed by atoms with Gasteiger partial charge in [0.15, 0.2) is 5.69 Å². The van der Waals surface area contributed by atoms with Crippen molar-refractivity contribution in [3.8, 4) is 5.69 Å². The highest BCUT2D eigenvalue weighted by Gasteiger charge is 2.11. The molecular weight excluding hydrogens is 363 g/mol. The van der Waals surface area contributed by atoms with Gasteiger partial charge in [0, 0.05) is 11.0 Å². The minimum Gasteiger partial charge on any atom is -0.347 e. The fourth-order valence-electron chi connectivity index (χ4n) is 1.99. The topological polar surface area (TPSA) is 59.8 Å². The summed E-state index contributed by atoms with van der Waals surface area (Å²) >= 11 is 3.38. The summed E-state index contributed by atoms with van der Waals surface area (Å²) < 4.78 is 15.3. The van der Waals surface area contributed by atoms with Crippen LogP contribution in [0.25, 0.3) is 5.69 Å². The molecule has 3 rings (SSSR count). The highest BCUT2D eigenvalue weighted by atomic mass is 79.9. The Kier molecular flexibility index (Phi) is 4.47. The number of hydrogen-bond acceptors (Lipinski definition) is 3. The van der Waals surface area contributed by atoms with Gasteiger partial charge in [-0.25, -0.2) is 9.07 Å². The average Bonchev–Trinajstić information content (AvgIpc) is 3.04. The molecule has 0 saturated heterocycles. The smallest absolute Gasteiger partial charge is 0.273 e. The van der Waals surface area contributed by atoms with Crippen LogP contribution in [-0.4, -0.2) is 20.9 Å². The summed E-state index contributed by atoms with van der Waals surface area (Å²) in [6.45, 7) is 0.295. The van der Waals surface area contributed by atoms with Crippen molar-refractivity contribution in [3.63, 3.8) is 0 Å². The van der Waals surface area contributed by atoms with Gasteiger partial charge in [0.25, 0.3) is 5.91 Å². The van der Waals surface area contributed by atoms with Crippen LogP contribution in [0.1, 0.15) is 16.1 Å². The molecule has 0 unspecified atom stereocenters. The van der Waals surface area contributed by atoms with Gasteiger partial charge in [0.1, 0.15) is 5.82 Å². The summed E-state index contributed by atoms with van der Waals surface area (Å²) in [5, 5.41) is 10.5. The highest BCUT2D eigenvalue weighted by molar-refractivity contribution is 9.10. The molecule has 1 N–H and O–H groups in total.